The number of anilines is 2. The summed E-state index contributed by atoms with van der Waals surface area (Å²) in [6.07, 6.45) is 0. The van der Waals surface area contributed by atoms with Crippen LogP contribution in [0.3, 0.4) is 0 Å². The highest BCUT2D eigenvalue weighted by Gasteiger charge is 2.00. The summed E-state index contributed by atoms with van der Waals surface area (Å²) >= 11 is 0. The quantitative estimate of drug-likeness (QED) is 0.489. The second-order valence-corrected chi connectivity index (χ2v) is 3.89. The first-order chi connectivity index (χ1) is 7.72. The number of fused-ring (bicyclic) bond motifs is 2. The van der Waals surface area contributed by atoms with Gasteiger partial charge in [-0.15, -0.1) is 37.2 Å². The van der Waals surface area contributed by atoms with E-state index in [4.69, 9.17) is 11.5 Å². The Morgan fingerprint density at radius 1 is 0.632 bits per heavy atom. The molecule has 0 bridgehead atoms. The molecule has 4 N–H and O–H groups in total. The van der Waals surface area contributed by atoms with Gasteiger partial charge in [0.2, 0.25) is 0 Å². The van der Waals surface area contributed by atoms with Gasteiger partial charge in [-0.2, -0.15) is 0 Å². The standard InChI is InChI=1S/C13H11N3.3ClH/c14-10-3-1-8-5-9-2-4-11(15)7-13(9)16-12(8)6-10;;;/h1-7H,14-15H2;3*1H. The van der Waals surface area contributed by atoms with E-state index in [-0.39, 0.29) is 37.2 Å². The number of aromatic nitrogens is 1. The number of pyridine rings is 1. The van der Waals surface area contributed by atoms with E-state index in [1.54, 1.807) is 0 Å². The molecule has 0 radical (unpaired) electrons. The fourth-order valence-corrected chi connectivity index (χ4v) is 1.86. The number of hydrogen-bond acceptors (Lipinski definition) is 3. The van der Waals surface area contributed by atoms with Crippen molar-refractivity contribution >= 4 is 70.4 Å². The second-order valence-electron chi connectivity index (χ2n) is 3.89. The zero-order chi connectivity index (χ0) is 11.1. The lowest BCUT2D eigenvalue weighted by Crippen LogP contribution is -1.89. The largest absolute Gasteiger partial charge is 0.399 e. The molecule has 1 aromatic heterocycles. The van der Waals surface area contributed by atoms with E-state index < -0.39 is 0 Å². The summed E-state index contributed by atoms with van der Waals surface area (Å²) in [4.78, 5) is 4.54. The van der Waals surface area contributed by atoms with Crippen molar-refractivity contribution in [2.24, 2.45) is 0 Å². The predicted molar refractivity (Wildman–Crippen MR) is 89.8 cm³/mol. The number of benzene rings is 2. The molecule has 19 heavy (non-hydrogen) atoms. The molecule has 3 rings (SSSR count). The highest BCUT2D eigenvalue weighted by Crippen LogP contribution is 2.22. The Labute approximate surface area is 129 Å². The minimum Gasteiger partial charge on any atom is -0.399 e. The number of nitrogens with zero attached hydrogens (tertiary/aromatic N) is 1. The van der Waals surface area contributed by atoms with E-state index in [0.717, 1.165) is 33.2 Å². The number of hydrogen-bond donors (Lipinski definition) is 2. The molecule has 0 atom stereocenters. The van der Waals surface area contributed by atoms with Gasteiger partial charge in [0.1, 0.15) is 0 Å². The van der Waals surface area contributed by atoms with Crippen molar-refractivity contribution < 1.29 is 0 Å². The maximum absolute atomic E-state index is 5.73. The van der Waals surface area contributed by atoms with Crippen LogP contribution >= 0.6 is 37.2 Å². The van der Waals surface area contributed by atoms with Gasteiger partial charge in [-0.25, -0.2) is 4.98 Å². The van der Waals surface area contributed by atoms with Crippen molar-refractivity contribution in [3.05, 3.63) is 42.5 Å². The van der Waals surface area contributed by atoms with Crippen LogP contribution in [0, 0.1) is 0 Å². The molecule has 0 aliphatic carbocycles. The summed E-state index contributed by atoms with van der Waals surface area (Å²) < 4.78 is 0. The molecule has 0 aliphatic rings. The van der Waals surface area contributed by atoms with Crippen LogP contribution in [0.4, 0.5) is 11.4 Å². The molecule has 3 aromatic rings. The van der Waals surface area contributed by atoms with Crippen molar-refractivity contribution in [3.8, 4) is 0 Å². The molecule has 0 saturated carbocycles. The zero-order valence-corrected chi connectivity index (χ0v) is 12.3. The Balaban J connectivity index is 0.00000108. The molecule has 0 fully saturated rings. The van der Waals surface area contributed by atoms with E-state index in [1.807, 2.05) is 36.4 Å². The fraction of sp³-hybridized carbons (Fsp3) is 0. The van der Waals surface area contributed by atoms with Gasteiger partial charge in [-0.1, -0.05) is 12.1 Å². The maximum atomic E-state index is 5.73. The molecule has 3 nitrogen and oxygen atoms in total. The van der Waals surface area contributed by atoms with Crippen molar-refractivity contribution in [3.63, 3.8) is 0 Å². The van der Waals surface area contributed by atoms with E-state index in [1.165, 1.54) is 0 Å². The third-order valence-corrected chi connectivity index (χ3v) is 2.66. The number of rotatable bonds is 0. The van der Waals surface area contributed by atoms with Gasteiger partial charge in [-0.05, 0) is 30.3 Å². The van der Waals surface area contributed by atoms with Crippen molar-refractivity contribution in [2.75, 3.05) is 11.5 Å². The van der Waals surface area contributed by atoms with Crippen LogP contribution in [0.15, 0.2) is 42.5 Å². The summed E-state index contributed by atoms with van der Waals surface area (Å²) in [6.45, 7) is 0. The van der Waals surface area contributed by atoms with Crippen LogP contribution in [0.25, 0.3) is 21.8 Å². The van der Waals surface area contributed by atoms with Crippen LogP contribution in [0.1, 0.15) is 0 Å². The lowest BCUT2D eigenvalue weighted by atomic mass is 10.1. The van der Waals surface area contributed by atoms with Crippen LogP contribution in [0.5, 0.6) is 0 Å². The van der Waals surface area contributed by atoms with Crippen molar-refractivity contribution in [1.82, 2.24) is 4.98 Å². The van der Waals surface area contributed by atoms with Crippen molar-refractivity contribution in [2.45, 2.75) is 0 Å². The van der Waals surface area contributed by atoms with E-state index in [0.29, 0.717) is 0 Å². The van der Waals surface area contributed by atoms with E-state index in [9.17, 15) is 0 Å². The topological polar surface area (TPSA) is 64.9 Å². The molecule has 102 valence electrons. The lowest BCUT2D eigenvalue weighted by molar-refractivity contribution is 1.50. The molecular formula is C13H14Cl3N3. The van der Waals surface area contributed by atoms with Gasteiger partial charge in [0.25, 0.3) is 0 Å². The molecule has 0 saturated heterocycles. The molecule has 2 aromatic carbocycles. The smallest absolute Gasteiger partial charge is 0.0730 e. The van der Waals surface area contributed by atoms with Crippen LogP contribution in [-0.2, 0) is 0 Å². The first kappa shape index (κ1) is 17.6. The van der Waals surface area contributed by atoms with Crippen LogP contribution in [0.2, 0.25) is 0 Å². The minimum atomic E-state index is 0. The Hall–Kier alpha value is -1.42. The summed E-state index contributed by atoms with van der Waals surface area (Å²) in [5, 5.41) is 2.18. The Bertz CT molecular complexity index is 644. The highest BCUT2D eigenvalue weighted by atomic mass is 35.5. The minimum absolute atomic E-state index is 0. The highest BCUT2D eigenvalue weighted by molar-refractivity contribution is 5.94. The molecule has 6 heteroatoms. The second kappa shape index (κ2) is 6.66. The first-order valence-corrected chi connectivity index (χ1v) is 5.08. The average molecular weight is 319 g/mol. The third kappa shape index (κ3) is 3.32. The van der Waals surface area contributed by atoms with E-state index >= 15 is 0 Å². The zero-order valence-electron chi connectivity index (χ0n) is 9.87. The van der Waals surface area contributed by atoms with E-state index in [2.05, 4.69) is 11.1 Å². The third-order valence-electron chi connectivity index (χ3n) is 2.66. The van der Waals surface area contributed by atoms with Gasteiger partial charge in [0.15, 0.2) is 0 Å². The lowest BCUT2D eigenvalue weighted by Gasteiger charge is -2.03. The summed E-state index contributed by atoms with van der Waals surface area (Å²) in [7, 11) is 0. The van der Waals surface area contributed by atoms with Gasteiger partial charge < -0.3 is 11.5 Å². The summed E-state index contributed by atoms with van der Waals surface area (Å²) in [5.74, 6) is 0. The van der Waals surface area contributed by atoms with Crippen molar-refractivity contribution in [1.29, 1.82) is 0 Å². The Morgan fingerprint density at radius 3 is 1.47 bits per heavy atom. The van der Waals surface area contributed by atoms with Crippen LogP contribution in [-0.4, -0.2) is 4.98 Å². The Kier molecular flexibility index (Phi) is 6.16. The normalized spacial score (nSPS) is 9.26. The SMILES string of the molecule is Cl.Cl.Cl.Nc1ccc2cc3ccc(N)cc3nc2c1. The number of nitrogen functional groups attached to an aromatic ring is 2. The molecule has 0 aliphatic heterocycles. The summed E-state index contributed by atoms with van der Waals surface area (Å²) in [6, 6.07) is 13.6. The average Bonchev–Trinajstić information content (AvgIpc) is 2.26. The molecular weight excluding hydrogens is 305 g/mol. The molecule has 0 spiro atoms. The molecule has 1 heterocycles. The van der Waals surface area contributed by atoms with Gasteiger partial charge in [0, 0.05) is 22.1 Å². The first-order valence-electron chi connectivity index (χ1n) is 5.08. The Morgan fingerprint density at radius 2 is 1.05 bits per heavy atom. The van der Waals surface area contributed by atoms with Crippen LogP contribution < -0.4 is 11.5 Å². The number of nitrogens with two attached hydrogens (primary N) is 2. The predicted octanol–water partition coefficient (Wildman–Crippen LogP) is 3.82. The number of halogens is 3. The maximum Gasteiger partial charge on any atom is 0.0730 e. The van der Waals surface area contributed by atoms with Gasteiger partial charge in [-0.3, -0.25) is 0 Å². The molecule has 0 unspecified atom stereocenters. The molecule has 0 amide bonds. The summed E-state index contributed by atoms with van der Waals surface area (Å²) in [5.41, 5.74) is 14.7. The monoisotopic (exact) mass is 317 g/mol. The van der Waals surface area contributed by atoms with Gasteiger partial charge in [0.05, 0.1) is 11.0 Å². The van der Waals surface area contributed by atoms with Gasteiger partial charge >= 0.3 is 0 Å². The fourth-order valence-electron chi connectivity index (χ4n) is 1.86.